The number of nitrogens with zero attached hydrogens (tertiary/aromatic N) is 1. The van der Waals surface area contributed by atoms with Crippen molar-refractivity contribution in [1.29, 1.82) is 0 Å². The highest BCUT2D eigenvalue weighted by molar-refractivity contribution is 5.90. The second-order valence-corrected chi connectivity index (χ2v) is 10.4. The number of hydrogen-bond donors (Lipinski definition) is 2. The van der Waals surface area contributed by atoms with Crippen LogP contribution in [0.1, 0.15) is 84.0 Å². The van der Waals surface area contributed by atoms with Crippen LogP contribution in [0.5, 0.6) is 0 Å². The van der Waals surface area contributed by atoms with Gasteiger partial charge in [0.05, 0.1) is 0 Å². The first-order valence-corrected chi connectivity index (χ1v) is 11.3. The molecule has 0 aliphatic rings. The normalized spacial score (nSPS) is 12.7. The Morgan fingerprint density at radius 1 is 1.00 bits per heavy atom. The predicted octanol–water partition coefficient (Wildman–Crippen LogP) is 4.41. The predicted molar refractivity (Wildman–Crippen MR) is 127 cm³/mol. The molecule has 0 fully saturated rings. The molecule has 0 saturated carbocycles. The van der Waals surface area contributed by atoms with Gasteiger partial charge in [0.2, 0.25) is 11.8 Å². The number of nitrogens with one attached hydrogen (secondary N) is 2. The Morgan fingerprint density at radius 3 is 2.03 bits per heavy atom. The van der Waals surface area contributed by atoms with Crippen molar-refractivity contribution in [2.24, 2.45) is 0 Å². The van der Waals surface area contributed by atoms with E-state index in [-0.39, 0.29) is 18.4 Å². The summed E-state index contributed by atoms with van der Waals surface area (Å²) < 4.78 is 5.24. The third kappa shape index (κ3) is 9.71. The average Bonchev–Trinajstić information content (AvgIpc) is 2.59. The molecular formula is C25H41N3O4. The number of amides is 3. The molecule has 1 unspecified atom stereocenters. The number of ether oxygens (including phenoxy) is 1. The third-order valence-electron chi connectivity index (χ3n) is 4.47. The summed E-state index contributed by atoms with van der Waals surface area (Å²) in [7, 11) is 0. The molecule has 0 aliphatic heterocycles. The summed E-state index contributed by atoms with van der Waals surface area (Å²) in [5.74, 6) is -0.582. The lowest BCUT2D eigenvalue weighted by molar-refractivity contribution is -0.141. The molecule has 1 atom stereocenters. The largest absolute Gasteiger partial charge is 0.444 e. The summed E-state index contributed by atoms with van der Waals surface area (Å²) in [6, 6.07) is 5.11. The number of alkyl carbamates (subject to hydrolysis) is 1. The molecule has 0 aromatic heterocycles. The van der Waals surface area contributed by atoms with Gasteiger partial charge in [0.15, 0.2) is 0 Å². The zero-order valence-electron chi connectivity index (χ0n) is 21.2. The van der Waals surface area contributed by atoms with Crippen LogP contribution in [0.2, 0.25) is 0 Å². The fraction of sp³-hybridized carbons (Fsp3) is 0.640. The van der Waals surface area contributed by atoms with Gasteiger partial charge in [-0.25, -0.2) is 4.79 Å². The molecule has 0 bridgehead atoms. The zero-order chi connectivity index (χ0) is 24.7. The first-order valence-electron chi connectivity index (χ1n) is 11.3. The van der Waals surface area contributed by atoms with Crippen LogP contribution in [0.25, 0.3) is 0 Å². The first-order chi connectivity index (χ1) is 14.6. The maximum absolute atomic E-state index is 13.4. The van der Waals surface area contributed by atoms with Crippen LogP contribution in [0.3, 0.4) is 0 Å². The van der Waals surface area contributed by atoms with Crippen LogP contribution >= 0.6 is 0 Å². The molecule has 0 heterocycles. The monoisotopic (exact) mass is 447 g/mol. The Kier molecular flexibility index (Phi) is 9.73. The number of benzene rings is 1. The van der Waals surface area contributed by atoms with Crippen molar-refractivity contribution in [3.8, 4) is 0 Å². The minimum atomic E-state index is -0.799. The van der Waals surface area contributed by atoms with Crippen LogP contribution in [0.15, 0.2) is 18.2 Å². The molecule has 7 nitrogen and oxygen atoms in total. The van der Waals surface area contributed by atoms with Gasteiger partial charge in [0.25, 0.3) is 0 Å². The maximum Gasteiger partial charge on any atom is 0.408 e. The van der Waals surface area contributed by atoms with Crippen molar-refractivity contribution in [3.05, 3.63) is 34.9 Å². The van der Waals surface area contributed by atoms with Crippen LogP contribution in [0, 0.1) is 13.8 Å². The Bertz CT molecular complexity index is 786. The van der Waals surface area contributed by atoms with Crippen molar-refractivity contribution in [2.75, 3.05) is 13.1 Å². The highest BCUT2D eigenvalue weighted by Gasteiger charge is 2.33. The molecule has 7 heteroatoms. The third-order valence-corrected chi connectivity index (χ3v) is 4.47. The molecule has 0 saturated heterocycles. The summed E-state index contributed by atoms with van der Waals surface area (Å²) in [6.07, 6.45) is 0.940. The van der Waals surface area contributed by atoms with E-state index in [9.17, 15) is 14.4 Å². The fourth-order valence-electron chi connectivity index (χ4n) is 3.37. The molecule has 1 aromatic rings. The van der Waals surface area contributed by atoms with Gasteiger partial charge in [0, 0.05) is 12.1 Å². The molecule has 1 aromatic carbocycles. The molecule has 0 radical (unpaired) electrons. The van der Waals surface area contributed by atoms with Crippen molar-refractivity contribution < 1.29 is 19.1 Å². The Labute approximate surface area is 193 Å². The summed E-state index contributed by atoms with van der Waals surface area (Å²) >= 11 is 0. The van der Waals surface area contributed by atoms with Crippen molar-refractivity contribution in [3.63, 3.8) is 0 Å². The molecule has 180 valence electrons. The smallest absolute Gasteiger partial charge is 0.408 e. The Balaban J connectivity index is 3.28. The molecule has 3 amide bonds. The standard InChI is InChI=1S/C25H41N3O4/c1-10-11-12-28(20(29)16-26-23(31)32-25(7,8)9)21(22(30)27-24(4,5)6)19-14-17(2)13-18(3)15-19/h13-15,21H,10-12,16H2,1-9H3,(H,26,31)(H,27,30). The van der Waals surface area contributed by atoms with Crippen LogP contribution < -0.4 is 10.6 Å². The first kappa shape index (κ1) is 27.5. The Hall–Kier alpha value is -2.57. The van der Waals surface area contributed by atoms with E-state index in [4.69, 9.17) is 4.74 Å². The summed E-state index contributed by atoms with van der Waals surface area (Å²) in [4.78, 5) is 40.3. The van der Waals surface area contributed by atoms with E-state index in [2.05, 4.69) is 10.6 Å². The number of unbranched alkanes of at least 4 members (excludes halogenated alkanes) is 1. The number of rotatable bonds is 8. The van der Waals surface area contributed by atoms with E-state index in [1.807, 2.05) is 59.7 Å². The van der Waals surface area contributed by atoms with Gasteiger partial charge >= 0.3 is 6.09 Å². The average molecular weight is 448 g/mol. The minimum Gasteiger partial charge on any atom is -0.444 e. The SMILES string of the molecule is CCCCN(C(=O)CNC(=O)OC(C)(C)C)C(C(=O)NC(C)(C)C)c1cc(C)cc(C)c1. The van der Waals surface area contributed by atoms with E-state index >= 15 is 0 Å². The lowest BCUT2D eigenvalue weighted by Crippen LogP contribution is -2.51. The van der Waals surface area contributed by atoms with Crippen molar-refractivity contribution in [1.82, 2.24) is 15.5 Å². The van der Waals surface area contributed by atoms with E-state index in [0.29, 0.717) is 6.54 Å². The zero-order valence-corrected chi connectivity index (χ0v) is 21.2. The Morgan fingerprint density at radius 2 is 1.56 bits per heavy atom. The number of aryl methyl sites for hydroxylation is 2. The molecule has 0 aliphatic carbocycles. The molecule has 2 N–H and O–H groups in total. The topological polar surface area (TPSA) is 87.7 Å². The number of carbonyl (C=O) groups excluding carboxylic acids is 3. The van der Waals surface area contributed by atoms with Crippen LogP contribution in [-0.2, 0) is 14.3 Å². The van der Waals surface area contributed by atoms with Gasteiger partial charge in [-0.3, -0.25) is 9.59 Å². The van der Waals surface area contributed by atoms with Gasteiger partial charge in [-0.2, -0.15) is 0 Å². The molecular weight excluding hydrogens is 406 g/mol. The van der Waals surface area contributed by atoms with Gasteiger partial charge < -0.3 is 20.3 Å². The van der Waals surface area contributed by atoms with Gasteiger partial charge in [-0.05, 0) is 67.4 Å². The number of carbonyl (C=O) groups is 3. The fourth-order valence-corrected chi connectivity index (χ4v) is 3.37. The van der Waals surface area contributed by atoms with Crippen LogP contribution in [-0.4, -0.2) is 47.0 Å². The lowest BCUT2D eigenvalue weighted by atomic mass is 9.97. The van der Waals surface area contributed by atoms with Gasteiger partial charge in [0.1, 0.15) is 18.2 Å². The van der Waals surface area contributed by atoms with Crippen LogP contribution in [0.4, 0.5) is 4.79 Å². The number of hydrogen-bond acceptors (Lipinski definition) is 4. The quantitative estimate of drug-likeness (QED) is 0.618. The summed E-state index contributed by atoms with van der Waals surface area (Å²) in [5.41, 5.74) is 1.67. The highest BCUT2D eigenvalue weighted by Crippen LogP contribution is 2.25. The molecule has 1 rings (SSSR count). The lowest BCUT2D eigenvalue weighted by Gasteiger charge is -2.34. The molecule has 32 heavy (non-hydrogen) atoms. The van der Waals surface area contributed by atoms with E-state index in [0.717, 1.165) is 29.5 Å². The van der Waals surface area contributed by atoms with E-state index < -0.39 is 23.3 Å². The van der Waals surface area contributed by atoms with Gasteiger partial charge in [-0.15, -0.1) is 0 Å². The maximum atomic E-state index is 13.4. The van der Waals surface area contributed by atoms with Crippen molar-refractivity contribution >= 4 is 17.9 Å². The molecule has 0 spiro atoms. The van der Waals surface area contributed by atoms with Gasteiger partial charge in [-0.1, -0.05) is 42.7 Å². The summed E-state index contributed by atoms with van der Waals surface area (Å²) in [6.45, 7) is 17.1. The second kappa shape index (κ2) is 11.3. The minimum absolute atomic E-state index is 0.246. The summed E-state index contributed by atoms with van der Waals surface area (Å²) in [5, 5.41) is 5.55. The second-order valence-electron chi connectivity index (χ2n) is 10.4. The van der Waals surface area contributed by atoms with Crippen molar-refractivity contribution in [2.45, 2.75) is 92.3 Å². The highest BCUT2D eigenvalue weighted by atomic mass is 16.6. The van der Waals surface area contributed by atoms with E-state index in [1.54, 1.807) is 25.7 Å². The van der Waals surface area contributed by atoms with E-state index in [1.165, 1.54) is 0 Å².